The van der Waals surface area contributed by atoms with E-state index in [1.54, 1.807) is 23.0 Å². The zero-order chi connectivity index (χ0) is 14.7. The monoisotopic (exact) mass is 275 g/mol. The predicted octanol–water partition coefficient (Wildman–Crippen LogP) is 2.26. The van der Waals surface area contributed by atoms with Gasteiger partial charge in [-0.25, -0.2) is 4.79 Å². The van der Waals surface area contributed by atoms with Crippen LogP contribution in [0.25, 0.3) is 11.3 Å². The number of aromatic nitrogens is 2. The molecule has 0 amide bonds. The van der Waals surface area contributed by atoms with E-state index >= 15 is 0 Å². The molecule has 0 aliphatic heterocycles. The molecule has 0 spiro atoms. The van der Waals surface area contributed by atoms with Crippen LogP contribution in [0.2, 0.25) is 0 Å². The second-order valence-electron chi connectivity index (χ2n) is 4.05. The van der Waals surface area contributed by atoms with Crippen molar-refractivity contribution in [3.05, 3.63) is 46.1 Å². The number of nitrogens with zero attached hydrogens (tertiary/aromatic N) is 3. The fourth-order valence-corrected chi connectivity index (χ4v) is 1.93. The van der Waals surface area contributed by atoms with Crippen molar-refractivity contribution in [2.45, 2.75) is 13.5 Å². The molecule has 0 saturated heterocycles. The van der Waals surface area contributed by atoms with Crippen molar-refractivity contribution < 1.29 is 14.5 Å². The lowest BCUT2D eigenvalue weighted by molar-refractivity contribution is -0.384. The summed E-state index contributed by atoms with van der Waals surface area (Å²) in [6.45, 7) is 2.54. The number of nitro benzene ring substituents is 1. The van der Waals surface area contributed by atoms with Crippen molar-refractivity contribution in [2.24, 2.45) is 0 Å². The summed E-state index contributed by atoms with van der Waals surface area (Å²) in [7, 11) is 1.23. The molecule has 7 nitrogen and oxygen atoms in total. The van der Waals surface area contributed by atoms with Crippen molar-refractivity contribution in [3.8, 4) is 11.3 Å². The Morgan fingerprint density at radius 3 is 2.80 bits per heavy atom. The smallest absolute Gasteiger partial charge is 0.338 e. The highest BCUT2D eigenvalue weighted by Gasteiger charge is 2.17. The Balaban J connectivity index is 2.61. The molecular weight excluding hydrogens is 262 g/mol. The third kappa shape index (κ3) is 2.51. The van der Waals surface area contributed by atoms with Gasteiger partial charge in [0, 0.05) is 30.4 Å². The molecule has 1 aromatic heterocycles. The summed E-state index contributed by atoms with van der Waals surface area (Å²) in [6, 6.07) is 5.91. The van der Waals surface area contributed by atoms with Crippen molar-refractivity contribution in [1.82, 2.24) is 9.78 Å². The summed E-state index contributed by atoms with van der Waals surface area (Å²) in [5.41, 5.74) is 1.24. The summed E-state index contributed by atoms with van der Waals surface area (Å²) < 4.78 is 6.31. The maximum absolute atomic E-state index is 11.6. The number of esters is 1. The van der Waals surface area contributed by atoms with Gasteiger partial charge in [0.25, 0.3) is 5.69 Å². The molecule has 20 heavy (non-hydrogen) atoms. The van der Waals surface area contributed by atoms with E-state index in [1.165, 1.54) is 19.2 Å². The summed E-state index contributed by atoms with van der Waals surface area (Å²) in [6.07, 6.45) is 1.61. The first-order valence-electron chi connectivity index (χ1n) is 5.96. The van der Waals surface area contributed by atoms with E-state index in [9.17, 15) is 14.9 Å². The SMILES string of the molecule is CCn1nccc1-c1cc(C(=O)OC)cc([N+](=O)[O-])c1. The molecule has 2 rings (SSSR count). The predicted molar refractivity (Wildman–Crippen MR) is 71.3 cm³/mol. The summed E-state index contributed by atoms with van der Waals surface area (Å²) in [5, 5.41) is 15.1. The number of carbonyl (C=O) groups is 1. The molecule has 0 fully saturated rings. The van der Waals surface area contributed by atoms with Crippen molar-refractivity contribution in [2.75, 3.05) is 7.11 Å². The molecule has 0 radical (unpaired) electrons. The number of hydrogen-bond donors (Lipinski definition) is 0. The fraction of sp³-hybridized carbons (Fsp3) is 0.231. The molecule has 0 saturated carbocycles. The van der Waals surface area contributed by atoms with Crippen LogP contribution in [0.15, 0.2) is 30.5 Å². The van der Waals surface area contributed by atoms with Crippen LogP contribution in [0.5, 0.6) is 0 Å². The van der Waals surface area contributed by atoms with Gasteiger partial charge in [0.15, 0.2) is 0 Å². The highest BCUT2D eigenvalue weighted by atomic mass is 16.6. The number of rotatable bonds is 4. The first kappa shape index (κ1) is 13.7. The third-order valence-corrected chi connectivity index (χ3v) is 2.86. The van der Waals surface area contributed by atoms with Gasteiger partial charge in [0.2, 0.25) is 0 Å². The Bertz CT molecular complexity index is 663. The van der Waals surface area contributed by atoms with E-state index in [-0.39, 0.29) is 11.3 Å². The maximum Gasteiger partial charge on any atom is 0.338 e. The van der Waals surface area contributed by atoms with Gasteiger partial charge in [-0.05, 0) is 19.1 Å². The number of aryl methyl sites for hydroxylation is 1. The minimum absolute atomic E-state index is 0.139. The molecule has 2 aromatic rings. The van der Waals surface area contributed by atoms with Crippen LogP contribution in [0.1, 0.15) is 17.3 Å². The second kappa shape index (κ2) is 5.52. The van der Waals surface area contributed by atoms with Gasteiger partial charge in [-0.1, -0.05) is 0 Å². The Hall–Kier alpha value is -2.70. The molecule has 104 valence electrons. The zero-order valence-corrected chi connectivity index (χ0v) is 11.1. The average molecular weight is 275 g/mol. The lowest BCUT2D eigenvalue weighted by Crippen LogP contribution is -2.04. The number of carbonyl (C=O) groups excluding carboxylic acids is 1. The first-order chi connectivity index (χ1) is 9.56. The number of hydrogen-bond acceptors (Lipinski definition) is 5. The number of methoxy groups -OCH3 is 1. The van der Waals surface area contributed by atoms with E-state index < -0.39 is 10.9 Å². The van der Waals surface area contributed by atoms with Gasteiger partial charge in [0.1, 0.15) is 0 Å². The van der Waals surface area contributed by atoms with Crippen LogP contribution in [0.4, 0.5) is 5.69 Å². The number of benzene rings is 1. The van der Waals surface area contributed by atoms with Gasteiger partial charge in [-0.2, -0.15) is 5.10 Å². The topological polar surface area (TPSA) is 87.3 Å². The number of non-ortho nitro benzene ring substituents is 1. The quantitative estimate of drug-likeness (QED) is 0.485. The number of nitro groups is 1. The maximum atomic E-state index is 11.6. The van der Waals surface area contributed by atoms with Gasteiger partial charge < -0.3 is 4.74 Å². The van der Waals surface area contributed by atoms with Crippen LogP contribution in [0.3, 0.4) is 0 Å². The molecule has 0 aliphatic rings. The molecule has 0 unspecified atom stereocenters. The van der Waals surface area contributed by atoms with Gasteiger partial charge in [-0.15, -0.1) is 0 Å². The van der Waals surface area contributed by atoms with E-state index in [4.69, 9.17) is 0 Å². The fourth-order valence-electron chi connectivity index (χ4n) is 1.93. The van der Waals surface area contributed by atoms with Crippen molar-refractivity contribution in [3.63, 3.8) is 0 Å². The van der Waals surface area contributed by atoms with Crippen LogP contribution in [-0.2, 0) is 11.3 Å². The second-order valence-corrected chi connectivity index (χ2v) is 4.05. The molecule has 0 atom stereocenters. The van der Waals surface area contributed by atoms with Gasteiger partial charge in [0.05, 0.1) is 23.3 Å². The van der Waals surface area contributed by atoms with E-state index in [0.29, 0.717) is 17.8 Å². The average Bonchev–Trinajstić information content (AvgIpc) is 2.94. The normalized spacial score (nSPS) is 10.3. The first-order valence-corrected chi connectivity index (χ1v) is 5.96. The van der Waals surface area contributed by atoms with Crippen molar-refractivity contribution in [1.29, 1.82) is 0 Å². The van der Waals surface area contributed by atoms with Crippen LogP contribution in [-0.4, -0.2) is 27.8 Å². The van der Waals surface area contributed by atoms with Crippen LogP contribution in [0, 0.1) is 10.1 Å². The largest absolute Gasteiger partial charge is 0.465 e. The van der Waals surface area contributed by atoms with Crippen molar-refractivity contribution >= 4 is 11.7 Å². The molecule has 1 aromatic carbocycles. The molecular formula is C13H13N3O4. The van der Waals surface area contributed by atoms with Crippen LogP contribution >= 0.6 is 0 Å². The summed E-state index contributed by atoms with van der Waals surface area (Å²) in [4.78, 5) is 22.0. The van der Waals surface area contributed by atoms with E-state index in [0.717, 1.165) is 0 Å². The number of ether oxygens (including phenoxy) is 1. The zero-order valence-electron chi connectivity index (χ0n) is 11.1. The third-order valence-electron chi connectivity index (χ3n) is 2.86. The van der Waals surface area contributed by atoms with Crippen LogP contribution < -0.4 is 0 Å². The summed E-state index contributed by atoms with van der Waals surface area (Å²) in [5.74, 6) is -0.613. The Morgan fingerprint density at radius 1 is 1.45 bits per heavy atom. The minimum Gasteiger partial charge on any atom is -0.465 e. The molecule has 0 bridgehead atoms. The van der Waals surface area contributed by atoms with E-state index in [2.05, 4.69) is 9.84 Å². The molecule has 0 aliphatic carbocycles. The molecule has 7 heteroatoms. The Morgan fingerprint density at radius 2 is 2.20 bits per heavy atom. The van der Waals surface area contributed by atoms with E-state index in [1.807, 2.05) is 6.92 Å². The molecule has 1 heterocycles. The standard InChI is InChI=1S/C13H13N3O4/c1-3-15-12(4-5-14-15)9-6-10(13(17)20-2)8-11(7-9)16(18)19/h4-8H,3H2,1-2H3. The Labute approximate surface area is 114 Å². The highest BCUT2D eigenvalue weighted by Crippen LogP contribution is 2.26. The Kier molecular flexibility index (Phi) is 3.79. The lowest BCUT2D eigenvalue weighted by atomic mass is 10.1. The minimum atomic E-state index is -0.613. The highest BCUT2D eigenvalue weighted by molar-refractivity contribution is 5.91. The molecule has 0 N–H and O–H groups in total. The lowest BCUT2D eigenvalue weighted by Gasteiger charge is -2.07. The van der Waals surface area contributed by atoms with Gasteiger partial charge in [-0.3, -0.25) is 14.8 Å². The van der Waals surface area contributed by atoms with Gasteiger partial charge >= 0.3 is 5.97 Å². The summed E-state index contributed by atoms with van der Waals surface area (Å²) >= 11 is 0.